The molecule has 1 aromatic heterocycles. The molecule has 1 aliphatic carbocycles. The molecular weight excluding hydrogens is 200 g/mol. The van der Waals surface area contributed by atoms with Gasteiger partial charge >= 0.3 is 0 Å². The quantitative estimate of drug-likeness (QED) is 0.801. The molecule has 0 spiro atoms. The minimum atomic E-state index is 0.411. The van der Waals surface area contributed by atoms with Crippen LogP contribution in [0.1, 0.15) is 37.1 Å². The van der Waals surface area contributed by atoms with Gasteiger partial charge in [-0.3, -0.25) is 4.68 Å². The molecule has 4 heteroatoms. The standard InChI is InChI=1S/C12H22N4/c1-8-12(9(2)16(3)15-8)14-11-6-4-10(13)5-7-11/h10-11,14H,4-7,13H2,1-3H3. The topological polar surface area (TPSA) is 55.9 Å². The molecule has 1 aliphatic rings. The van der Waals surface area contributed by atoms with Crippen molar-refractivity contribution >= 4 is 5.69 Å². The summed E-state index contributed by atoms with van der Waals surface area (Å²) in [5.74, 6) is 0. The number of hydrogen-bond acceptors (Lipinski definition) is 3. The van der Waals surface area contributed by atoms with Gasteiger partial charge in [-0.1, -0.05) is 0 Å². The Balaban J connectivity index is 2.03. The third-order valence-electron chi connectivity index (χ3n) is 3.63. The van der Waals surface area contributed by atoms with Crippen molar-refractivity contribution in [3.05, 3.63) is 11.4 Å². The molecule has 16 heavy (non-hydrogen) atoms. The lowest BCUT2D eigenvalue weighted by atomic mass is 9.91. The Kier molecular flexibility index (Phi) is 3.19. The Morgan fingerprint density at radius 2 is 1.88 bits per heavy atom. The summed E-state index contributed by atoms with van der Waals surface area (Å²) in [6.07, 6.45) is 4.62. The number of aromatic nitrogens is 2. The zero-order chi connectivity index (χ0) is 11.7. The van der Waals surface area contributed by atoms with Crippen LogP contribution >= 0.6 is 0 Å². The highest BCUT2D eigenvalue weighted by molar-refractivity contribution is 5.52. The monoisotopic (exact) mass is 222 g/mol. The van der Waals surface area contributed by atoms with Gasteiger partial charge in [0, 0.05) is 19.1 Å². The molecule has 0 bridgehead atoms. The summed E-state index contributed by atoms with van der Waals surface area (Å²) in [6, 6.07) is 0.982. The van der Waals surface area contributed by atoms with E-state index in [4.69, 9.17) is 5.73 Å². The van der Waals surface area contributed by atoms with Crippen LogP contribution in [0.2, 0.25) is 0 Å². The first-order valence-corrected chi connectivity index (χ1v) is 6.10. The van der Waals surface area contributed by atoms with Gasteiger partial charge < -0.3 is 11.1 Å². The molecule has 1 heterocycles. The maximum absolute atomic E-state index is 5.91. The van der Waals surface area contributed by atoms with Gasteiger partial charge in [-0.05, 0) is 39.5 Å². The summed E-state index contributed by atoms with van der Waals surface area (Å²) in [4.78, 5) is 0. The average molecular weight is 222 g/mol. The van der Waals surface area contributed by atoms with E-state index in [0.29, 0.717) is 12.1 Å². The van der Waals surface area contributed by atoms with Gasteiger partial charge in [-0.2, -0.15) is 5.10 Å². The van der Waals surface area contributed by atoms with Crippen molar-refractivity contribution in [1.29, 1.82) is 0 Å². The molecule has 3 N–H and O–H groups in total. The van der Waals surface area contributed by atoms with E-state index in [9.17, 15) is 0 Å². The maximum atomic E-state index is 5.91. The highest BCUT2D eigenvalue weighted by atomic mass is 15.3. The molecule has 0 aromatic carbocycles. The van der Waals surface area contributed by atoms with Gasteiger partial charge in [0.2, 0.25) is 0 Å². The van der Waals surface area contributed by atoms with Gasteiger partial charge in [-0.15, -0.1) is 0 Å². The van der Waals surface area contributed by atoms with E-state index in [0.717, 1.165) is 18.5 Å². The van der Waals surface area contributed by atoms with Gasteiger partial charge in [0.15, 0.2) is 0 Å². The van der Waals surface area contributed by atoms with Crippen LogP contribution in [-0.2, 0) is 7.05 Å². The molecule has 0 unspecified atom stereocenters. The molecular formula is C12H22N4. The second-order valence-corrected chi connectivity index (χ2v) is 4.93. The summed E-state index contributed by atoms with van der Waals surface area (Å²) >= 11 is 0. The molecule has 1 aromatic rings. The number of nitrogens with one attached hydrogen (secondary N) is 1. The van der Waals surface area contributed by atoms with Crippen molar-refractivity contribution in [2.45, 2.75) is 51.6 Å². The number of anilines is 1. The Hall–Kier alpha value is -1.03. The predicted octanol–water partition coefficient (Wildman–Crippen LogP) is 1.72. The summed E-state index contributed by atoms with van der Waals surface area (Å²) in [5, 5.41) is 8.04. The van der Waals surface area contributed by atoms with Crippen LogP contribution in [-0.4, -0.2) is 21.9 Å². The van der Waals surface area contributed by atoms with Crippen LogP contribution in [0.3, 0.4) is 0 Å². The first-order valence-electron chi connectivity index (χ1n) is 6.10. The van der Waals surface area contributed by atoms with E-state index in [-0.39, 0.29) is 0 Å². The highest BCUT2D eigenvalue weighted by Gasteiger charge is 2.20. The SMILES string of the molecule is Cc1nn(C)c(C)c1NC1CCC(N)CC1. The van der Waals surface area contributed by atoms with E-state index in [1.807, 2.05) is 11.7 Å². The Morgan fingerprint density at radius 1 is 1.25 bits per heavy atom. The lowest BCUT2D eigenvalue weighted by molar-refractivity contribution is 0.411. The molecule has 0 saturated heterocycles. The van der Waals surface area contributed by atoms with Crippen LogP contribution in [0.5, 0.6) is 0 Å². The minimum absolute atomic E-state index is 0.411. The Morgan fingerprint density at radius 3 is 2.38 bits per heavy atom. The molecule has 1 fully saturated rings. The molecule has 0 atom stereocenters. The summed E-state index contributed by atoms with van der Waals surface area (Å²) < 4.78 is 1.94. The Bertz CT molecular complexity index is 361. The van der Waals surface area contributed by atoms with Gasteiger partial charge in [0.1, 0.15) is 0 Å². The normalized spacial score (nSPS) is 25.8. The lowest BCUT2D eigenvalue weighted by Gasteiger charge is -2.27. The predicted molar refractivity (Wildman–Crippen MR) is 66.5 cm³/mol. The maximum Gasteiger partial charge on any atom is 0.0827 e. The van der Waals surface area contributed by atoms with Crippen molar-refractivity contribution in [1.82, 2.24) is 9.78 Å². The highest BCUT2D eigenvalue weighted by Crippen LogP contribution is 2.25. The summed E-state index contributed by atoms with van der Waals surface area (Å²) in [7, 11) is 1.99. The second-order valence-electron chi connectivity index (χ2n) is 4.93. The number of nitrogens with two attached hydrogens (primary N) is 1. The number of aryl methyl sites for hydroxylation is 2. The van der Waals surface area contributed by atoms with E-state index >= 15 is 0 Å². The van der Waals surface area contributed by atoms with Gasteiger partial charge in [-0.25, -0.2) is 0 Å². The van der Waals surface area contributed by atoms with Crippen molar-refractivity contribution in [3.63, 3.8) is 0 Å². The first-order chi connectivity index (χ1) is 7.58. The summed E-state index contributed by atoms with van der Waals surface area (Å²) in [5.41, 5.74) is 9.43. The third-order valence-corrected chi connectivity index (χ3v) is 3.63. The molecule has 0 aliphatic heterocycles. The van der Waals surface area contributed by atoms with Gasteiger partial charge in [0.25, 0.3) is 0 Å². The van der Waals surface area contributed by atoms with E-state index in [1.54, 1.807) is 0 Å². The van der Waals surface area contributed by atoms with E-state index in [1.165, 1.54) is 24.2 Å². The largest absolute Gasteiger partial charge is 0.379 e. The smallest absolute Gasteiger partial charge is 0.0827 e. The van der Waals surface area contributed by atoms with Crippen LogP contribution in [0, 0.1) is 13.8 Å². The first kappa shape index (κ1) is 11.5. The fourth-order valence-corrected chi connectivity index (χ4v) is 2.45. The molecule has 0 radical (unpaired) electrons. The number of nitrogens with zero attached hydrogens (tertiary/aromatic N) is 2. The lowest BCUT2D eigenvalue weighted by Crippen LogP contribution is -2.33. The molecule has 1 saturated carbocycles. The van der Waals surface area contributed by atoms with Crippen LogP contribution in [0.15, 0.2) is 0 Å². The number of hydrogen-bond donors (Lipinski definition) is 2. The average Bonchev–Trinajstić information content (AvgIpc) is 2.48. The summed E-state index contributed by atoms with van der Waals surface area (Å²) in [6.45, 7) is 4.17. The van der Waals surface area contributed by atoms with Crippen molar-refractivity contribution in [3.8, 4) is 0 Å². The fourth-order valence-electron chi connectivity index (χ4n) is 2.45. The van der Waals surface area contributed by atoms with Crippen LogP contribution in [0.25, 0.3) is 0 Å². The molecule has 0 amide bonds. The zero-order valence-electron chi connectivity index (χ0n) is 10.5. The molecule has 2 rings (SSSR count). The van der Waals surface area contributed by atoms with E-state index < -0.39 is 0 Å². The molecule has 90 valence electrons. The Labute approximate surface area is 97.2 Å². The second kappa shape index (κ2) is 4.45. The van der Waals surface area contributed by atoms with Crippen molar-refractivity contribution < 1.29 is 0 Å². The number of rotatable bonds is 2. The van der Waals surface area contributed by atoms with E-state index in [2.05, 4.69) is 24.3 Å². The minimum Gasteiger partial charge on any atom is -0.379 e. The zero-order valence-corrected chi connectivity index (χ0v) is 10.5. The van der Waals surface area contributed by atoms with Gasteiger partial charge in [0.05, 0.1) is 17.1 Å². The van der Waals surface area contributed by atoms with Crippen LogP contribution in [0.4, 0.5) is 5.69 Å². The molecule has 4 nitrogen and oxygen atoms in total. The third kappa shape index (κ3) is 2.21. The van der Waals surface area contributed by atoms with Crippen molar-refractivity contribution in [2.75, 3.05) is 5.32 Å². The van der Waals surface area contributed by atoms with Crippen molar-refractivity contribution in [2.24, 2.45) is 12.8 Å². The van der Waals surface area contributed by atoms with Crippen LogP contribution < -0.4 is 11.1 Å². The fraction of sp³-hybridized carbons (Fsp3) is 0.750.